The van der Waals surface area contributed by atoms with Crippen molar-refractivity contribution in [3.05, 3.63) is 64.7 Å². The summed E-state index contributed by atoms with van der Waals surface area (Å²) in [6.07, 6.45) is 3.99. The second kappa shape index (κ2) is 9.54. The average Bonchev–Trinajstić information content (AvgIpc) is 3.32. The summed E-state index contributed by atoms with van der Waals surface area (Å²) in [4.78, 5) is 29.6. The monoisotopic (exact) mass is 420 g/mol. The van der Waals surface area contributed by atoms with Crippen molar-refractivity contribution in [2.75, 3.05) is 32.8 Å². The molecule has 2 heterocycles. The van der Waals surface area contributed by atoms with Gasteiger partial charge in [0.25, 0.3) is 11.8 Å². The first kappa shape index (κ1) is 21.4. The third-order valence-corrected chi connectivity index (χ3v) is 6.36. The van der Waals surface area contributed by atoms with Crippen molar-refractivity contribution in [1.82, 2.24) is 9.80 Å². The van der Waals surface area contributed by atoms with Crippen LogP contribution < -0.4 is 4.74 Å². The number of carbonyl (C=O) groups excluding carboxylic acids is 2. The van der Waals surface area contributed by atoms with Crippen molar-refractivity contribution in [3.8, 4) is 5.75 Å². The molecule has 2 aliphatic rings. The number of nitrogens with zero attached hydrogens (tertiary/aromatic N) is 2. The van der Waals surface area contributed by atoms with Gasteiger partial charge in [0.05, 0.1) is 12.2 Å². The van der Waals surface area contributed by atoms with Crippen LogP contribution in [0.5, 0.6) is 5.75 Å². The molecule has 5 heteroatoms. The predicted molar refractivity (Wildman–Crippen MR) is 122 cm³/mol. The molecule has 2 saturated heterocycles. The van der Waals surface area contributed by atoms with E-state index in [2.05, 4.69) is 6.07 Å². The van der Waals surface area contributed by atoms with E-state index in [0.717, 1.165) is 68.6 Å². The number of aryl methyl sites for hydroxylation is 2. The fourth-order valence-corrected chi connectivity index (χ4v) is 4.65. The van der Waals surface area contributed by atoms with Crippen molar-refractivity contribution in [2.24, 2.45) is 5.92 Å². The van der Waals surface area contributed by atoms with Crippen molar-refractivity contribution < 1.29 is 14.3 Å². The van der Waals surface area contributed by atoms with Gasteiger partial charge in [-0.15, -0.1) is 0 Å². The summed E-state index contributed by atoms with van der Waals surface area (Å²) in [7, 11) is 0. The second-order valence-electron chi connectivity index (χ2n) is 8.92. The molecule has 0 atom stereocenters. The highest BCUT2D eigenvalue weighted by molar-refractivity contribution is 5.97. The highest BCUT2D eigenvalue weighted by atomic mass is 16.5. The van der Waals surface area contributed by atoms with Crippen LogP contribution in [0.2, 0.25) is 0 Å². The fraction of sp³-hybridized carbons (Fsp3) is 0.462. The third kappa shape index (κ3) is 5.09. The summed E-state index contributed by atoms with van der Waals surface area (Å²) < 4.78 is 6.12. The van der Waals surface area contributed by atoms with E-state index in [0.29, 0.717) is 23.8 Å². The fourth-order valence-electron chi connectivity index (χ4n) is 4.65. The van der Waals surface area contributed by atoms with Gasteiger partial charge < -0.3 is 14.5 Å². The van der Waals surface area contributed by atoms with E-state index < -0.39 is 0 Å². The Labute approximate surface area is 185 Å². The Morgan fingerprint density at radius 2 is 1.48 bits per heavy atom. The second-order valence-corrected chi connectivity index (χ2v) is 8.92. The van der Waals surface area contributed by atoms with Crippen molar-refractivity contribution in [3.63, 3.8) is 0 Å². The number of hydrogen-bond acceptors (Lipinski definition) is 3. The van der Waals surface area contributed by atoms with Crippen LogP contribution in [-0.4, -0.2) is 54.4 Å². The molecule has 164 valence electrons. The molecule has 2 fully saturated rings. The average molecular weight is 421 g/mol. The van der Waals surface area contributed by atoms with Gasteiger partial charge in [-0.05, 0) is 69.7 Å². The van der Waals surface area contributed by atoms with Gasteiger partial charge in [0, 0.05) is 31.7 Å². The molecule has 2 aromatic rings. The third-order valence-electron chi connectivity index (χ3n) is 6.36. The standard InChI is InChI=1S/C26H32N2O3/c1-19-15-20(2)17-22(16-19)25(29)28-13-9-21(10-14-28)18-31-24-8-4-3-7-23(24)26(30)27-11-5-6-12-27/h3-4,7-8,15-17,21H,5-6,9-14,18H2,1-2H3. The smallest absolute Gasteiger partial charge is 0.257 e. The van der Waals surface area contributed by atoms with Crippen LogP contribution in [0.4, 0.5) is 0 Å². The lowest BCUT2D eigenvalue weighted by molar-refractivity contribution is 0.0656. The Kier molecular flexibility index (Phi) is 6.59. The highest BCUT2D eigenvalue weighted by Gasteiger charge is 2.26. The normalized spacial score (nSPS) is 17.1. The lowest BCUT2D eigenvalue weighted by atomic mass is 9.96. The SMILES string of the molecule is Cc1cc(C)cc(C(=O)N2CCC(COc3ccccc3C(=O)N3CCCC3)CC2)c1. The Bertz CT molecular complexity index is 921. The van der Waals surface area contributed by atoms with Crippen LogP contribution in [0.15, 0.2) is 42.5 Å². The van der Waals surface area contributed by atoms with E-state index in [-0.39, 0.29) is 11.8 Å². The highest BCUT2D eigenvalue weighted by Crippen LogP contribution is 2.25. The number of rotatable bonds is 5. The zero-order valence-corrected chi connectivity index (χ0v) is 18.6. The molecule has 31 heavy (non-hydrogen) atoms. The molecule has 0 saturated carbocycles. The first-order valence-corrected chi connectivity index (χ1v) is 11.4. The van der Waals surface area contributed by atoms with Gasteiger partial charge in [-0.1, -0.05) is 29.3 Å². The molecule has 0 bridgehead atoms. The molecule has 0 radical (unpaired) electrons. The maximum Gasteiger partial charge on any atom is 0.257 e. The quantitative estimate of drug-likeness (QED) is 0.717. The summed E-state index contributed by atoms with van der Waals surface area (Å²) in [6.45, 7) is 7.79. The van der Waals surface area contributed by atoms with Gasteiger partial charge in [-0.3, -0.25) is 9.59 Å². The molecule has 2 aliphatic heterocycles. The first-order chi connectivity index (χ1) is 15.0. The molecular formula is C26H32N2O3. The minimum Gasteiger partial charge on any atom is -0.492 e. The van der Waals surface area contributed by atoms with Crippen LogP contribution in [-0.2, 0) is 0 Å². The van der Waals surface area contributed by atoms with Gasteiger partial charge in [0.1, 0.15) is 5.75 Å². The largest absolute Gasteiger partial charge is 0.492 e. The Morgan fingerprint density at radius 3 is 2.16 bits per heavy atom. The van der Waals surface area contributed by atoms with Gasteiger partial charge >= 0.3 is 0 Å². The summed E-state index contributed by atoms with van der Waals surface area (Å²) in [5.74, 6) is 1.25. The topological polar surface area (TPSA) is 49.9 Å². The number of benzene rings is 2. The number of hydrogen-bond donors (Lipinski definition) is 0. The molecule has 4 rings (SSSR count). The number of likely N-dealkylation sites (tertiary alicyclic amines) is 2. The zero-order valence-electron chi connectivity index (χ0n) is 18.6. The van der Waals surface area contributed by atoms with Crippen molar-refractivity contribution in [2.45, 2.75) is 39.5 Å². The van der Waals surface area contributed by atoms with Gasteiger partial charge in [-0.2, -0.15) is 0 Å². The number of carbonyl (C=O) groups is 2. The first-order valence-electron chi connectivity index (χ1n) is 11.4. The van der Waals surface area contributed by atoms with Crippen molar-refractivity contribution >= 4 is 11.8 Å². The van der Waals surface area contributed by atoms with Gasteiger partial charge in [0.15, 0.2) is 0 Å². The van der Waals surface area contributed by atoms with Gasteiger partial charge in [0.2, 0.25) is 0 Å². The van der Waals surface area contributed by atoms with E-state index in [1.807, 2.05) is 60.0 Å². The minimum absolute atomic E-state index is 0.0713. The van der Waals surface area contributed by atoms with Crippen LogP contribution >= 0.6 is 0 Å². The maximum absolute atomic E-state index is 12.9. The predicted octanol–water partition coefficient (Wildman–Crippen LogP) is 4.47. The lowest BCUT2D eigenvalue weighted by Gasteiger charge is -2.32. The zero-order chi connectivity index (χ0) is 21.8. The molecule has 0 unspecified atom stereocenters. The van der Waals surface area contributed by atoms with Crippen LogP contribution in [0, 0.1) is 19.8 Å². The summed E-state index contributed by atoms with van der Waals surface area (Å²) in [5.41, 5.74) is 3.68. The number of para-hydroxylation sites is 1. The summed E-state index contributed by atoms with van der Waals surface area (Å²) >= 11 is 0. The minimum atomic E-state index is 0.0713. The van der Waals surface area contributed by atoms with E-state index in [1.165, 1.54) is 0 Å². The molecule has 0 spiro atoms. The Hall–Kier alpha value is -2.82. The van der Waals surface area contributed by atoms with E-state index in [4.69, 9.17) is 4.74 Å². The van der Waals surface area contributed by atoms with Crippen LogP contribution in [0.25, 0.3) is 0 Å². The Morgan fingerprint density at radius 1 is 0.871 bits per heavy atom. The number of ether oxygens (including phenoxy) is 1. The van der Waals surface area contributed by atoms with E-state index >= 15 is 0 Å². The molecule has 0 aliphatic carbocycles. The van der Waals surface area contributed by atoms with E-state index in [9.17, 15) is 9.59 Å². The van der Waals surface area contributed by atoms with Crippen molar-refractivity contribution in [1.29, 1.82) is 0 Å². The van der Waals surface area contributed by atoms with Gasteiger partial charge in [-0.25, -0.2) is 0 Å². The molecular weight excluding hydrogens is 388 g/mol. The van der Waals surface area contributed by atoms with Crippen LogP contribution in [0.1, 0.15) is 57.5 Å². The number of piperidine rings is 1. The molecule has 2 aromatic carbocycles. The Balaban J connectivity index is 1.32. The molecule has 2 amide bonds. The van der Waals surface area contributed by atoms with Crippen LogP contribution in [0.3, 0.4) is 0 Å². The molecule has 0 aromatic heterocycles. The molecule has 0 N–H and O–H groups in total. The van der Waals surface area contributed by atoms with E-state index in [1.54, 1.807) is 0 Å². The summed E-state index contributed by atoms with van der Waals surface area (Å²) in [5, 5.41) is 0. The maximum atomic E-state index is 12.9. The molecule has 5 nitrogen and oxygen atoms in total. The summed E-state index contributed by atoms with van der Waals surface area (Å²) in [6, 6.07) is 13.6. The number of amides is 2. The lowest BCUT2D eigenvalue weighted by Crippen LogP contribution is -2.39.